The van der Waals surface area contributed by atoms with Crippen LogP contribution in [0, 0.1) is 0 Å². The number of H-pyrrole nitrogens is 1. The van der Waals surface area contributed by atoms with E-state index in [1.807, 2.05) is 0 Å². The minimum absolute atomic E-state index is 0.0107. The van der Waals surface area contributed by atoms with Crippen LogP contribution in [0.15, 0.2) is 35.6 Å². The molecule has 3 aromatic rings. The third-order valence-corrected chi connectivity index (χ3v) is 4.82. The van der Waals surface area contributed by atoms with Crippen molar-refractivity contribution < 1.29 is 27.6 Å². The van der Waals surface area contributed by atoms with Crippen LogP contribution < -0.4 is 9.47 Å². The van der Waals surface area contributed by atoms with Gasteiger partial charge in [-0.25, -0.2) is 4.98 Å². The van der Waals surface area contributed by atoms with E-state index in [9.17, 15) is 13.0 Å². The zero-order chi connectivity index (χ0) is 18.9. The first-order chi connectivity index (χ1) is 12.3. The van der Waals surface area contributed by atoms with Crippen LogP contribution in [-0.4, -0.2) is 38.5 Å². The molecule has 1 unspecified atom stereocenters. The van der Waals surface area contributed by atoms with E-state index in [-0.39, 0.29) is 16.4 Å². The molecule has 0 spiro atoms. The molecule has 0 aliphatic rings. The first-order valence-corrected chi connectivity index (χ1v) is 8.70. The van der Waals surface area contributed by atoms with E-state index in [4.69, 9.17) is 14.6 Å². The lowest BCUT2D eigenvalue weighted by atomic mass is 10.2. The van der Waals surface area contributed by atoms with Crippen molar-refractivity contribution in [2.24, 2.45) is 0 Å². The van der Waals surface area contributed by atoms with Gasteiger partial charge in [-0.2, -0.15) is 8.78 Å². The standard InChI is InChI=1S/C16H15F2N3O4S/c1-24-13-5-6-19-12(14(13)25-2)8-26(23)15-20-10-4-3-9(16(17,18)22)7-11(10)21-15/h3-7,22H,8H2,1-2H3,(H,20,21). The number of rotatable bonds is 6. The summed E-state index contributed by atoms with van der Waals surface area (Å²) in [7, 11) is 1.30. The van der Waals surface area contributed by atoms with Gasteiger partial charge in [-0.3, -0.25) is 9.19 Å². The second-order valence-corrected chi connectivity index (χ2v) is 6.66. The van der Waals surface area contributed by atoms with Crippen LogP contribution in [0.5, 0.6) is 11.5 Å². The molecular weight excluding hydrogens is 368 g/mol. The molecule has 0 aliphatic carbocycles. The van der Waals surface area contributed by atoms with E-state index in [0.717, 1.165) is 12.1 Å². The van der Waals surface area contributed by atoms with E-state index < -0.39 is 22.5 Å². The first kappa shape index (κ1) is 18.2. The normalized spacial score (nSPS) is 13.0. The van der Waals surface area contributed by atoms with E-state index in [1.54, 1.807) is 6.07 Å². The van der Waals surface area contributed by atoms with Crippen LogP contribution in [0.4, 0.5) is 8.78 Å². The Morgan fingerprint density at radius 3 is 2.69 bits per heavy atom. The fraction of sp³-hybridized carbons (Fsp3) is 0.250. The highest BCUT2D eigenvalue weighted by Crippen LogP contribution is 2.31. The highest BCUT2D eigenvalue weighted by atomic mass is 32.2. The van der Waals surface area contributed by atoms with Crippen LogP contribution in [0.1, 0.15) is 11.3 Å². The third-order valence-electron chi connectivity index (χ3n) is 3.66. The van der Waals surface area contributed by atoms with Crippen molar-refractivity contribution in [1.29, 1.82) is 0 Å². The molecule has 7 nitrogen and oxygen atoms in total. The molecule has 0 amide bonds. The van der Waals surface area contributed by atoms with Crippen molar-refractivity contribution in [2.75, 3.05) is 14.2 Å². The number of hydrogen-bond acceptors (Lipinski definition) is 6. The number of nitrogens with one attached hydrogen (secondary N) is 1. The number of aliphatic hydroxyl groups is 1. The zero-order valence-electron chi connectivity index (χ0n) is 13.8. The summed E-state index contributed by atoms with van der Waals surface area (Å²) in [4.78, 5) is 11.0. The van der Waals surface area contributed by atoms with E-state index in [2.05, 4.69) is 15.0 Å². The van der Waals surface area contributed by atoms with Crippen molar-refractivity contribution in [3.63, 3.8) is 0 Å². The lowest BCUT2D eigenvalue weighted by molar-refractivity contribution is -0.208. The summed E-state index contributed by atoms with van der Waals surface area (Å²) in [5, 5.41) is 8.91. The Balaban J connectivity index is 1.91. The van der Waals surface area contributed by atoms with Crippen molar-refractivity contribution in [3.8, 4) is 11.5 Å². The van der Waals surface area contributed by atoms with E-state index >= 15 is 0 Å². The number of aromatic nitrogens is 3. The fourth-order valence-electron chi connectivity index (χ4n) is 2.43. The zero-order valence-corrected chi connectivity index (χ0v) is 14.6. The largest absolute Gasteiger partial charge is 0.493 e. The molecule has 0 aliphatic heterocycles. The Morgan fingerprint density at radius 2 is 2.04 bits per heavy atom. The molecule has 0 radical (unpaired) electrons. The average Bonchev–Trinajstić information content (AvgIpc) is 3.04. The van der Waals surface area contributed by atoms with Gasteiger partial charge in [-0.05, 0) is 18.2 Å². The van der Waals surface area contributed by atoms with Crippen LogP contribution in [0.3, 0.4) is 0 Å². The van der Waals surface area contributed by atoms with Crippen molar-refractivity contribution in [3.05, 3.63) is 41.7 Å². The predicted octanol–water partition coefficient (Wildman–Crippen LogP) is 2.32. The van der Waals surface area contributed by atoms with Crippen LogP contribution in [-0.2, 0) is 22.7 Å². The van der Waals surface area contributed by atoms with Crippen LogP contribution >= 0.6 is 0 Å². The quantitative estimate of drug-likeness (QED) is 0.678. The molecule has 26 heavy (non-hydrogen) atoms. The second-order valence-electron chi connectivity index (χ2n) is 5.30. The van der Waals surface area contributed by atoms with Crippen molar-refractivity contribution >= 4 is 21.8 Å². The Kier molecular flexibility index (Phi) is 4.88. The Morgan fingerprint density at radius 1 is 1.27 bits per heavy atom. The van der Waals surface area contributed by atoms with Crippen molar-refractivity contribution in [1.82, 2.24) is 15.0 Å². The highest BCUT2D eigenvalue weighted by Gasteiger charge is 2.28. The average molecular weight is 383 g/mol. The molecule has 138 valence electrons. The minimum atomic E-state index is -3.96. The second kappa shape index (κ2) is 6.96. The summed E-state index contributed by atoms with van der Waals surface area (Å²) in [6, 6.07) is 5.05. The number of aromatic amines is 1. The summed E-state index contributed by atoms with van der Waals surface area (Å²) < 4.78 is 49.1. The minimum Gasteiger partial charge on any atom is -0.493 e. The number of nitrogens with zero attached hydrogens (tertiary/aromatic N) is 2. The molecular formula is C16H15F2N3O4S. The van der Waals surface area contributed by atoms with Gasteiger partial charge < -0.3 is 19.6 Å². The van der Waals surface area contributed by atoms with Crippen molar-refractivity contribution in [2.45, 2.75) is 17.0 Å². The summed E-state index contributed by atoms with van der Waals surface area (Å²) in [6.45, 7) is 0. The SMILES string of the molecule is COc1ccnc(CS(=O)c2nc3ccc(C(O)(F)F)cc3[nH]2)c1OC. The lowest BCUT2D eigenvalue weighted by Crippen LogP contribution is -2.10. The van der Waals surface area contributed by atoms with Crippen LogP contribution in [0.25, 0.3) is 11.0 Å². The molecule has 2 heterocycles. The van der Waals surface area contributed by atoms with E-state index in [1.165, 1.54) is 26.5 Å². The van der Waals surface area contributed by atoms with Crippen LogP contribution in [0.2, 0.25) is 0 Å². The Labute approximate surface area is 149 Å². The molecule has 10 heteroatoms. The van der Waals surface area contributed by atoms with Gasteiger partial charge in [0, 0.05) is 12.3 Å². The molecule has 3 rings (SSSR count). The smallest absolute Gasteiger partial charge is 0.380 e. The number of benzene rings is 1. The topological polar surface area (TPSA) is 97.3 Å². The summed E-state index contributed by atoms with van der Waals surface area (Å²) >= 11 is 0. The molecule has 0 saturated heterocycles. The first-order valence-electron chi connectivity index (χ1n) is 7.38. The number of halogens is 2. The summed E-state index contributed by atoms with van der Waals surface area (Å²) in [6.07, 6.45) is -2.46. The summed E-state index contributed by atoms with van der Waals surface area (Å²) in [5.41, 5.74) is 0.424. The maximum absolute atomic E-state index is 13.0. The molecule has 0 fully saturated rings. The molecule has 2 N–H and O–H groups in total. The Bertz CT molecular complexity index is 972. The predicted molar refractivity (Wildman–Crippen MR) is 89.7 cm³/mol. The van der Waals surface area contributed by atoms with Gasteiger partial charge in [0.05, 0.1) is 53.1 Å². The molecule has 2 aromatic heterocycles. The van der Waals surface area contributed by atoms with Gasteiger partial charge in [0.1, 0.15) is 0 Å². The number of ether oxygens (including phenoxy) is 2. The Hall–Kier alpha value is -2.59. The number of fused-ring (bicyclic) bond motifs is 1. The van der Waals surface area contributed by atoms with Gasteiger partial charge in [0.15, 0.2) is 16.7 Å². The third kappa shape index (κ3) is 3.51. The monoisotopic (exact) mass is 383 g/mol. The highest BCUT2D eigenvalue weighted by molar-refractivity contribution is 7.84. The molecule has 1 aromatic carbocycles. The molecule has 0 saturated carbocycles. The van der Waals surface area contributed by atoms with Gasteiger partial charge >= 0.3 is 6.11 Å². The number of alkyl halides is 2. The van der Waals surface area contributed by atoms with Gasteiger partial charge in [-0.15, -0.1) is 0 Å². The van der Waals surface area contributed by atoms with E-state index in [0.29, 0.717) is 22.7 Å². The number of hydrogen-bond donors (Lipinski definition) is 2. The summed E-state index contributed by atoms with van der Waals surface area (Å²) in [5.74, 6) is 0.805. The van der Waals surface area contributed by atoms with Gasteiger partial charge in [0.2, 0.25) is 0 Å². The number of pyridine rings is 1. The molecule has 0 bridgehead atoms. The van der Waals surface area contributed by atoms with Gasteiger partial charge in [-0.1, -0.05) is 0 Å². The molecule has 1 atom stereocenters. The maximum atomic E-state index is 13.0. The maximum Gasteiger partial charge on any atom is 0.380 e. The number of imidazole rings is 1. The van der Waals surface area contributed by atoms with Gasteiger partial charge in [0.25, 0.3) is 0 Å². The number of methoxy groups -OCH3 is 2. The fourth-order valence-corrected chi connectivity index (χ4v) is 3.44. The lowest BCUT2D eigenvalue weighted by Gasteiger charge is -2.10.